The van der Waals surface area contributed by atoms with E-state index in [1.54, 1.807) is 30.4 Å². The van der Waals surface area contributed by atoms with Crippen LogP contribution in [-0.2, 0) is 4.79 Å². The van der Waals surface area contributed by atoms with E-state index in [0.717, 1.165) is 0 Å². The molecule has 0 aromatic heterocycles. The van der Waals surface area contributed by atoms with Gasteiger partial charge in [0.05, 0.1) is 0 Å². The maximum atomic E-state index is 13.1. The summed E-state index contributed by atoms with van der Waals surface area (Å²) in [6, 6.07) is 6.48. The third-order valence-corrected chi connectivity index (χ3v) is 1.96. The van der Waals surface area contributed by atoms with Gasteiger partial charge in [-0.15, -0.1) is 0 Å². The summed E-state index contributed by atoms with van der Waals surface area (Å²) >= 11 is 0. The van der Waals surface area contributed by atoms with Crippen LogP contribution in [-0.4, -0.2) is 11.1 Å². The Bertz CT molecular complexity index is 358. The second-order valence-electron chi connectivity index (χ2n) is 3.21. The van der Waals surface area contributed by atoms with Crippen molar-refractivity contribution in [2.75, 3.05) is 0 Å². The molecule has 0 saturated heterocycles. The summed E-state index contributed by atoms with van der Waals surface area (Å²) in [7, 11) is 0. The topological polar surface area (TPSA) is 37.3 Å². The zero-order valence-electron chi connectivity index (χ0n) is 8.32. The van der Waals surface area contributed by atoms with Gasteiger partial charge in [-0.1, -0.05) is 30.4 Å². The van der Waals surface area contributed by atoms with Crippen LogP contribution in [0.5, 0.6) is 0 Å². The fraction of sp³-hybridized carbons (Fsp3) is 0.250. The maximum Gasteiger partial charge on any atom is 0.303 e. The van der Waals surface area contributed by atoms with Crippen molar-refractivity contribution in [3.05, 3.63) is 41.7 Å². The maximum absolute atomic E-state index is 13.1. The zero-order chi connectivity index (χ0) is 11.1. The van der Waals surface area contributed by atoms with Gasteiger partial charge in [0, 0.05) is 12.0 Å². The van der Waals surface area contributed by atoms with E-state index in [9.17, 15) is 9.18 Å². The second-order valence-corrected chi connectivity index (χ2v) is 3.21. The molecule has 80 valence electrons. The van der Waals surface area contributed by atoms with Gasteiger partial charge in [-0.2, -0.15) is 0 Å². The van der Waals surface area contributed by atoms with Gasteiger partial charge in [-0.25, -0.2) is 4.39 Å². The van der Waals surface area contributed by atoms with Crippen molar-refractivity contribution in [2.24, 2.45) is 0 Å². The van der Waals surface area contributed by atoms with E-state index in [0.29, 0.717) is 18.4 Å². The van der Waals surface area contributed by atoms with Gasteiger partial charge in [-0.05, 0) is 18.9 Å². The normalized spacial score (nSPS) is 10.7. The first kappa shape index (κ1) is 11.4. The highest BCUT2D eigenvalue weighted by Crippen LogP contribution is 2.09. The highest BCUT2D eigenvalue weighted by molar-refractivity contribution is 5.66. The number of carboxylic acid groups (broad SMARTS) is 1. The molecule has 0 spiro atoms. The first-order valence-corrected chi connectivity index (χ1v) is 4.83. The molecule has 1 N–H and O–H groups in total. The molecule has 0 atom stereocenters. The fourth-order valence-electron chi connectivity index (χ4n) is 1.19. The largest absolute Gasteiger partial charge is 0.481 e. The third-order valence-electron chi connectivity index (χ3n) is 1.96. The molecule has 0 heterocycles. The van der Waals surface area contributed by atoms with Gasteiger partial charge in [0.2, 0.25) is 0 Å². The Morgan fingerprint density at radius 3 is 2.80 bits per heavy atom. The Morgan fingerprint density at radius 1 is 1.40 bits per heavy atom. The minimum absolute atomic E-state index is 0.154. The minimum Gasteiger partial charge on any atom is -0.481 e. The van der Waals surface area contributed by atoms with Gasteiger partial charge in [0.1, 0.15) is 5.82 Å². The van der Waals surface area contributed by atoms with Crippen molar-refractivity contribution in [2.45, 2.75) is 19.3 Å². The summed E-state index contributed by atoms with van der Waals surface area (Å²) < 4.78 is 13.1. The van der Waals surface area contributed by atoms with Crippen LogP contribution in [0.4, 0.5) is 4.39 Å². The number of aliphatic carboxylic acids is 1. The Hall–Kier alpha value is -1.64. The summed E-state index contributed by atoms with van der Waals surface area (Å²) in [6.45, 7) is 0. The first-order chi connectivity index (χ1) is 7.20. The number of carboxylic acids is 1. The second kappa shape index (κ2) is 5.96. The average molecular weight is 208 g/mol. The first-order valence-electron chi connectivity index (χ1n) is 4.83. The van der Waals surface area contributed by atoms with Crippen molar-refractivity contribution in [3.63, 3.8) is 0 Å². The number of rotatable bonds is 5. The van der Waals surface area contributed by atoms with E-state index in [2.05, 4.69) is 0 Å². The average Bonchev–Trinajstić information content (AvgIpc) is 2.20. The van der Waals surface area contributed by atoms with E-state index in [4.69, 9.17) is 5.11 Å². The highest BCUT2D eigenvalue weighted by Gasteiger charge is 1.96. The summed E-state index contributed by atoms with van der Waals surface area (Å²) in [4.78, 5) is 10.2. The number of unbranched alkanes of at least 4 members (excludes halogenated alkanes) is 1. The van der Waals surface area contributed by atoms with E-state index in [1.807, 2.05) is 0 Å². The predicted molar refractivity (Wildman–Crippen MR) is 56.9 cm³/mol. The Balaban J connectivity index is 2.38. The number of halogens is 1. The van der Waals surface area contributed by atoms with Crippen LogP contribution in [0.1, 0.15) is 24.8 Å². The van der Waals surface area contributed by atoms with E-state index in [-0.39, 0.29) is 12.2 Å². The van der Waals surface area contributed by atoms with Crippen molar-refractivity contribution >= 4 is 12.0 Å². The lowest BCUT2D eigenvalue weighted by molar-refractivity contribution is -0.137. The Morgan fingerprint density at radius 2 is 2.13 bits per heavy atom. The van der Waals surface area contributed by atoms with Crippen molar-refractivity contribution in [3.8, 4) is 0 Å². The summed E-state index contributed by atoms with van der Waals surface area (Å²) in [6.07, 6.45) is 4.86. The van der Waals surface area contributed by atoms with Gasteiger partial charge in [0.15, 0.2) is 0 Å². The SMILES string of the molecule is O=C(O)CCC/C=C/c1ccccc1F. The molecule has 2 nitrogen and oxygen atoms in total. The number of carbonyl (C=O) groups is 1. The predicted octanol–water partition coefficient (Wildman–Crippen LogP) is 3.09. The minimum atomic E-state index is -0.797. The van der Waals surface area contributed by atoms with Crippen LogP contribution in [0.2, 0.25) is 0 Å². The summed E-state index contributed by atoms with van der Waals surface area (Å²) in [5.74, 6) is -1.05. The highest BCUT2D eigenvalue weighted by atomic mass is 19.1. The molecule has 0 bridgehead atoms. The molecular weight excluding hydrogens is 195 g/mol. The van der Waals surface area contributed by atoms with Crippen molar-refractivity contribution < 1.29 is 14.3 Å². The molecule has 0 aliphatic rings. The Labute approximate surface area is 88.1 Å². The molecule has 0 amide bonds. The summed E-state index contributed by atoms with van der Waals surface area (Å²) in [5.41, 5.74) is 0.535. The van der Waals surface area contributed by atoms with Crippen molar-refractivity contribution in [1.82, 2.24) is 0 Å². The van der Waals surface area contributed by atoms with Gasteiger partial charge < -0.3 is 5.11 Å². The van der Waals surface area contributed by atoms with E-state index < -0.39 is 5.97 Å². The van der Waals surface area contributed by atoms with Gasteiger partial charge >= 0.3 is 5.97 Å². The molecular formula is C12H13FO2. The molecule has 0 fully saturated rings. The van der Waals surface area contributed by atoms with Gasteiger partial charge in [0.25, 0.3) is 0 Å². The van der Waals surface area contributed by atoms with E-state index in [1.165, 1.54) is 6.07 Å². The number of benzene rings is 1. The molecule has 15 heavy (non-hydrogen) atoms. The standard InChI is InChI=1S/C12H13FO2/c13-11-8-5-4-7-10(11)6-2-1-3-9-12(14)15/h2,4-8H,1,3,9H2,(H,14,15)/b6-2+. The monoisotopic (exact) mass is 208 g/mol. The quantitative estimate of drug-likeness (QED) is 0.755. The van der Waals surface area contributed by atoms with E-state index >= 15 is 0 Å². The van der Waals surface area contributed by atoms with Crippen LogP contribution >= 0.6 is 0 Å². The van der Waals surface area contributed by atoms with Crippen LogP contribution in [0.25, 0.3) is 6.08 Å². The smallest absolute Gasteiger partial charge is 0.303 e. The molecule has 0 radical (unpaired) electrons. The molecule has 1 rings (SSSR count). The Kier molecular flexibility index (Phi) is 4.54. The van der Waals surface area contributed by atoms with Crippen molar-refractivity contribution in [1.29, 1.82) is 0 Å². The molecule has 1 aromatic carbocycles. The number of hydrogen-bond donors (Lipinski definition) is 1. The van der Waals surface area contributed by atoms with Crippen LogP contribution in [0, 0.1) is 5.82 Å². The molecule has 0 unspecified atom stereocenters. The molecule has 3 heteroatoms. The van der Waals surface area contributed by atoms with Crippen LogP contribution in [0.15, 0.2) is 30.3 Å². The molecule has 0 aliphatic heterocycles. The lowest BCUT2D eigenvalue weighted by Gasteiger charge is -1.95. The molecule has 0 saturated carbocycles. The summed E-state index contributed by atoms with van der Waals surface area (Å²) in [5, 5.41) is 8.39. The zero-order valence-corrected chi connectivity index (χ0v) is 8.32. The van der Waals surface area contributed by atoms with Crippen LogP contribution in [0.3, 0.4) is 0 Å². The number of hydrogen-bond acceptors (Lipinski definition) is 1. The molecule has 1 aromatic rings. The lowest BCUT2D eigenvalue weighted by Crippen LogP contribution is -1.92. The third kappa shape index (κ3) is 4.40. The molecule has 0 aliphatic carbocycles. The lowest BCUT2D eigenvalue weighted by atomic mass is 10.1. The fourth-order valence-corrected chi connectivity index (χ4v) is 1.19. The van der Waals surface area contributed by atoms with Crippen LogP contribution < -0.4 is 0 Å². The van der Waals surface area contributed by atoms with Gasteiger partial charge in [-0.3, -0.25) is 4.79 Å². The number of allylic oxidation sites excluding steroid dienone is 1.